The minimum atomic E-state index is -0.121. The molecule has 17 heavy (non-hydrogen) atoms. The predicted molar refractivity (Wildman–Crippen MR) is 69.1 cm³/mol. The fourth-order valence-corrected chi connectivity index (χ4v) is 1.62. The number of halogens is 1. The molecule has 0 saturated carbocycles. The van der Waals surface area contributed by atoms with Crippen molar-refractivity contribution in [2.24, 2.45) is 0 Å². The summed E-state index contributed by atoms with van der Waals surface area (Å²) >= 11 is 5.80. The van der Waals surface area contributed by atoms with Crippen LogP contribution in [0.15, 0.2) is 42.5 Å². The average Bonchev–Trinajstić information content (AvgIpc) is 2.35. The molecule has 0 bridgehead atoms. The molecular formula is C13H13ClN2O. The van der Waals surface area contributed by atoms with Crippen LogP contribution in [0.5, 0.6) is 5.88 Å². The molecule has 1 atom stereocenters. The molecular weight excluding hydrogens is 236 g/mol. The van der Waals surface area contributed by atoms with Crippen LogP contribution >= 0.6 is 11.6 Å². The molecule has 2 aromatic rings. The Hall–Kier alpha value is -1.74. The van der Waals surface area contributed by atoms with Crippen LogP contribution in [0.4, 0.5) is 5.69 Å². The molecule has 0 saturated heterocycles. The van der Waals surface area contributed by atoms with Crippen LogP contribution in [-0.2, 0) is 0 Å². The summed E-state index contributed by atoms with van der Waals surface area (Å²) in [4.78, 5) is 4.06. The maximum atomic E-state index is 5.80. The van der Waals surface area contributed by atoms with Crippen molar-refractivity contribution in [1.29, 1.82) is 0 Å². The topological polar surface area (TPSA) is 48.1 Å². The molecule has 2 rings (SSSR count). The zero-order chi connectivity index (χ0) is 12.3. The van der Waals surface area contributed by atoms with E-state index < -0.39 is 0 Å². The summed E-state index contributed by atoms with van der Waals surface area (Å²) in [5, 5.41) is 0.370. The van der Waals surface area contributed by atoms with Gasteiger partial charge in [0.2, 0.25) is 5.88 Å². The van der Waals surface area contributed by atoms with E-state index in [1.165, 1.54) is 0 Å². The summed E-state index contributed by atoms with van der Waals surface area (Å²) in [6, 6.07) is 13.2. The molecule has 1 unspecified atom stereocenters. The fraction of sp³-hybridized carbons (Fsp3) is 0.154. The first-order valence-electron chi connectivity index (χ1n) is 5.30. The molecule has 4 heteroatoms. The van der Waals surface area contributed by atoms with Crippen LogP contribution in [0.1, 0.15) is 18.6 Å². The van der Waals surface area contributed by atoms with E-state index in [4.69, 9.17) is 22.1 Å². The van der Waals surface area contributed by atoms with Crippen LogP contribution < -0.4 is 10.5 Å². The number of aromatic nitrogens is 1. The van der Waals surface area contributed by atoms with Crippen molar-refractivity contribution < 1.29 is 4.74 Å². The lowest BCUT2D eigenvalue weighted by Gasteiger charge is -2.15. The van der Waals surface area contributed by atoms with Gasteiger partial charge in [0.1, 0.15) is 11.3 Å². The highest BCUT2D eigenvalue weighted by molar-refractivity contribution is 6.29. The van der Waals surface area contributed by atoms with E-state index in [-0.39, 0.29) is 6.10 Å². The van der Waals surface area contributed by atoms with Crippen molar-refractivity contribution in [2.75, 3.05) is 5.73 Å². The van der Waals surface area contributed by atoms with Crippen LogP contribution in [0.25, 0.3) is 0 Å². The summed E-state index contributed by atoms with van der Waals surface area (Å²) in [6.45, 7) is 1.94. The van der Waals surface area contributed by atoms with E-state index in [1.807, 2.05) is 37.3 Å². The van der Waals surface area contributed by atoms with Gasteiger partial charge in [0.25, 0.3) is 0 Å². The number of nitrogen functional groups attached to an aromatic ring is 1. The molecule has 0 spiro atoms. The van der Waals surface area contributed by atoms with Gasteiger partial charge in [-0.1, -0.05) is 41.9 Å². The Morgan fingerprint density at radius 2 is 1.88 bits per heavy atom. The Morgan fingerprint density at radius 3 is 2.59 bits per heavy atom. The van der Waals surface area contributed by atoms with Crippen molar-refractivity contribution in [1.82, 2.24) is 4.98 Å². The van der Waals surface area contributed by atoms with E-state index in [0.29, 0.717) is 16.7 Å². The Balaban J connectivity index is 2.18. The van der Waals surface area contributed by atoms with Crippen molar-refractivity contribution in [3.8, 4) is 5.88 Å². The van der Waals surface area contributed by atoms with E-state index >= 15 is 0 Å². The monoisotopic (exact) mass is 248 g/mol. The van der Waals surface area contributed by atoms with Gasteiger partial charge in [0.15, 0.2) is 0 Å². The third kappa shape index (κ3) is 2.88. The summed E-state index contributed by atoms with van der Waals surface area (Å²) in [5.74, 6) is 0.369. The minimum Gasteiger partial charge on any atom is -0.468 e. The number of hydrogen-bond donors (Lipinski definition) is 1. The fourth-order valence-electron chi connectivity index (χ4n) is 1.48. The molecule has 88 valence electrons. The van der Waals surface area contributed by atoms with Gasteiger partial charge < -0.3 is 10.5 Å². The lowest BCUT2D eigenvalue weighted by molar-refractivity contribution is 0.219. The zero-order valence-corrected chi connectivity index (χ0v) is 10.2. The number of hydrogen-bond acceptors (Lipinski definition) is 3. The molecule has 1 heterocycles. The maximum absolute atomic E-state index is 5.80. The smallest absolute Gasteiger partial charge is 0.239 e. The Morgan fingerprint density at radius 1 is 1.18 bits per heavy atom. The highest BCUT2D eigenvalue weighted by Crippen LogP contribution is 2.26. The summed E-state index contributed by atoms with van der Waals surface area (Å²) < 4.78 is 5.69. The lowest BCUT2D eigenvalue weighted by Crippen LogP contribution is -2.06. The first-order chi connectivity index (χ1) is 8.16. The van der Waals surface area contributed by atoms with E-state index in [9.17, 15) is 0 Å². The van der Waals surface area contributed by atoms with Gasteiger partial charge >= 0.3 is 0 Å². The van der Waals surface area contributed by atoms with Crippen molar-refractivity contribution in [3.63, 3.8) is 0 Å². The van der Waals surface area contributed by atoms with Gasteiger partial charge in [-0.3, -0.25) is 0 Å². The third-order valence-electron chi connectivity index (χ3n) is 2.41. The predicted octanol–water partition coefficient (Wildman–Crippen LogP) is 3.46. The van der Waals surface area contributed by atoms with E-state index in [0.717, 1.165) is 5.56 Å². The average molecular weight is 249 g/mol. The van der Waals surface area contributed by atoms with E-state index in [2.05, 4.69) is 4.98 Å². The molecule has 2 N–H and O–H groups in total. The highest BCUT2D eigenvalue weighted by atomic mass is 35.5. The van der Waals surface area contributed by atoms with Crippen LogP contribution in [0.3, 0.4) is 0 Å². The van der Waals surface area contributed by atoms with Crippen molar-refractivity contribution in [2.45, 2.75) is 13.0 Å². The van der Waals surface area contributed by atoms with Crippen molar-refractivity contribution >= 4 is 17.3 Å². The number of anilines is 1. The second kappa shape index (κ2) is 5.06. The molecule has 0 aliphatic heterocycles. The standard InChI is InChI=1S/C13H13ClN2O/c1-9(10-5-3-2-4-6-10)17-13-11(15)7-8-12(14)16-13/h2-9H,15H2,1H3. The van der Waals surface area contributed by atoms with Gasteiger partial charge in [0, 0.05) is 0 Å². The van der Waals surface area contributed by atoms with Crippen LogP contribution in [0.2, 0.25) is 5.15 Å². The minimum absolute atomic E-state index is 0.121. The largest absolute Gasteiger partial charge is 0.468 e. The molecule has 0 fully saturated rings. The molecule has 0 amide bonds. The van der Waals surface area contributed by atoms with E-state index in [1.54, 1.807) is 12.1 Å². The summed E-state index contributed by atoms with van der Waals surface area (Å²) in [7, 11) is 0. The Bertz CT molecular complexity index is 502. The molecule has 1 aromatic heterocycles. The number of pyridine rings is 1. The van der Waals surface area contributed by atoms with Gasteiger partial charge in [-0.15, -0.1) is 0 Å². The second-order valence-electron chi connectivity index (χ2n) is 3.70. The van der Waals surface area contributed by atoms with Gasteiger partial charge in [0.05, 0.1) is 5.69 Å². The number of rotatable bonds is 3. The molecule has 3 nitrogen and oxygen atoms in total. The number of ether oxygens (including phenoxy) is 1. The van der Waals surface area contributed by atoms with Gasteiger partial charge in [-0.05, 0) is 24.6 Å². The first kappa shape index (κ1) is 11.7. The summed E-state index contributed by atoms with van der Waals surface area (Å²) in [6.07, 6.45) is -0.121. The Labute approximate surface area is 105 Å². The zero-order valence-electron chi connectivity index (χ0n) is 9.43. The molecule has 1 aromatic carbocycles. The maximum Gasteiger partial charge on any atom is 0.239 e. The normalized spacial score (nSPS) is 12.1. The van der Waals surface area contributed by atoms with Crippen molar-refractivity contribution in [3.05, 3.63) is 53.2 Å². The second-order valence-corrected chi connectivity index (χ2v) is 4.09. The van der Waals surface area contributed by atoms with Gasteiger partial charge in [-0.2, -0.15) is 4.98 Å². The van der Waals surface area contributed by atoms with Crippen LogP contribution in [-0.4, -0.2) is 4.98 Å². The quantitative estimate of drug-likeness (QED) is 0.847. The van der Waals surface area contributed by atoms with Crippen LogP contribution in [0, 0.1) is 0 Å². The third-order valence-corrected chi connectivity index (χ3v) is 2.62. The number of nitrogens with two attached hydrogens (primary N) is 1. The molecule has 0 aliphatic carbocycles. The summed E-state index contributed by atoms with van der Waals surface area (Å²) in [5.41, 5.74) is 7.32. The Kier molecular flexibility index (Phi) is 3.49. The SMILES string of the molecule is CC(Oc1nc(Cl)ccc1N)c1ccccc1. The van der Waals surface area contributed by atoms with Gasteiger partial charge in [-0.25, -0.2) is 0 Å². The lowest BCUT2D eigenvalue weighted by atomic mass is 10.1. The molecule has 0 radical (unpaired) electrons. The molecule has 0 aliphatic rings. The first-order valence-corrected chi connectivity index (χ1v) is 5.68. The number of benzene rings is 1. The highest BCUT2D eigenvalue weighted by Gasteiger charge is 2.10. The number of nitrogens with zero attached hydrogens (tertiary/aromatic N) is 1.